The van der Waals surface area contributed by atoms with Gasteiger partial charge < -0.3 is 19.5 Å². The van der Waals surface area contributed by atoms with Crippen LogP contribution in [0.1, 0.15) is 11.1 Å². The summed E-state index contributed by atoms with van der Waals surface area (Å²) in [6.45, 7) is 9.66. The summed E-state index contributed by atoms with van der Waals surface area (Å²) in [6, 6.07) is 14.7. The molecule has 3 aromatic carbocycles. The lowest BCUT2D eigenvalue weighted by atomic mass is 10.0. The molecular weight excluding hydrogens is 582 g/mol. The highest BCUT2D eigenvalue weighted by Gasteiger charge is 2.22. The van der Waals surface area contributed by atoms with Crippen molar-refractivity contribution in [3.8, 4) is 11.1 Å². The monoisotopic (exact) mass is 622 g/mol. The fraction of sp³-hybridized carbons (Fsp3) is 0.424. The Bertz CT molecular complexity index is 1620. The van der Waals surface area contributed by atoms with E-state index >= 15 is 8.78 Å². The number of fused-ring (bicyclic) bond motifs is 1. The number of aromatic nitrogens is 1. The number of halogens is 2. The number of rotatable bonds is 9. The van der Waals surface area contributed by atoms with E-state index in [-0.39, 0.29) is 12.1 Å². The fourth-order valence-electron chi connectivity index (χ4n) is 5.96. The number of aryl methyl sites for hydroxylation is 1. The number of hydrogen-bond donors (Lipinski definition) is 1. The highest BCUT2D eigenvalue weighted by atomic mass is 32.2. The van der Waals surface area contributed by atoms with Crippen LogP contribution >= 0.6 is 0 Å². The highest BCUT2D eigenvalue weighted by molar-refractivity contribution is 7.85. The molecule has 0 aliphatic carbocycles. The summed E-state index contributed by atoms with van der Waals surface area (Å²) < 4.78 is 48.2. The van der Waals surface area contributed by atoms with Gasteiger partial charge in [-0.15, -0.1) is 0 Å². The van der Waals surface area contributed by atoms with Gasteiger partial charge in [0.15, 0.2) is 5.58 Å². The zero-order chi connectivity index (χ0) is 30.8. The molecule has 1 aromatic heterocycles. The molecule has 6 rings (SSSR count). The summed E-state index contributed by atoms with van der Waals surface area (Å²) in [4.78, 5) is 13.7. The van der Waals surface area contributed by atoms with Gasteiger partial charge in [-0.2, -0.15) is 4.98 Å². The molecular formula is C33H40F2N6O2S. The van der Waals surface area contributed by atoms with Gasteiger partial charge in [0, 0.05) is 104 Å². The number of anilines is 3. The van der Waals surface area contributed by atoms with Gasteiger partial charge in [0.05, 0.1) is 0 Å². The summed E-state index contributed by atoms with van der Waals surface area (Å²) in [5.74, 6) is -0.146. The predicted octanol–water partition coefficient (Wildman–Crippen LogP) is 5.07. The maximum Gasteiger partial charge on any atom is 0.300 e. The minimum absolute atomic E-state index is 0.0264. The van der Waals surface area contributed by atoms with Crippen molar-refractivity contribution in [2.75, 3.05) is 88.2 Å². The molecule has 8 nitrogen and oxygen atoms in total. The number of nitrogens with one attached hydrogen (secondary N) is 1. The number of piperazine rings is 1. The van der Waals surface area contributed by atoms with Gasteiger partial charge in [0.1, 0.15) is 17.2 Å². The molecule has 0 unspecified atom stereocenters. The van der Waals surface area contributed by atoms with Crippen molar-refractivity contribution in [1.29, 1.82) is 0 Å². The Morgan fingerprint density at radius 2 is 1.68 bits per heavy atom. The first kappa shape index (κ1) is 30.6. The van der Waals surface area contributed by atoms with Gasteiger partial charge in [-0.3, -0.25) is 14.0 Å². The van der Waals surface area contributed by atoms with Crippen LogP contribution < -0.4 is 10.2 Å². The molecule has 2 saturated heterocycles. The molecule has 1 N–H and O–H groups in total. The molecule has 44 heavy (non-hydrogen) atoms. The Hall–Kier alpha value is -3.38. The second-order valence-electron chi connectivity index (χ2n) is 12.0. The van der Waals surface area contributed by atoms with Crippen LogP contribution in [0.3, 0.4) is 0 Å². The summed E-state index contributed by atoms with van der Waals surface area (Å²) in [6.07, 6.45) is 0. The van der Waals surface area contributed by atoms with Gasteiger partial charge >= 0.3 is 0 Å². The minimum atomic E-state index is -0.845. The average molecular weight is 623 g/mol. The zero-order valence-corrected chi connectivity index (χ0v) is 26.4. The maximum atomic E-state index is 15.2. The molecule has 0 saturated carbocycles. The number of hydrogen-bond acceptors (Lipinski definition) is 8. The largest absolute Gasteiger partial charge is 0.423 e. The SMILES string of the molecule is Cc1cc(Nc2nc3cccc(-c4cc(F)c(CN5CCS(=O)CC5)c(F)c4)c3o2)ccc1N1CCN(CCN(C)C)CC1. The van der Waals surface area contributed by atoms with E-state index in [0.717, 1.165) is 50.5 Å². The van der Waals surface area contributed by atoms with Crippen LogP contribution in [-0.2, 0) is 17.3 Å². The lowest BCUT2D eigenvalue weighted by Gasteiger charge is -2.37. The van der Waals surface area contributed by atoms with Gasteiger partial charge in [-0.1, -0.05) is 12.1 Å². The Labute approximate surface area is 260 Å². The third-order valence-electron chi connectivity index (χ3n) is 8.54. The Morgan fingerprint density at radius 3 is 2.36 bits per heavy atom. The van der Waals surface area contributed by atoms with Gasteiger partial charge in [0.25, 0.3) is 6.01 Å². The van der Waals surface area contributed by atoms with E-state index in [4.69, 9.17) is 4.42 Å². The van der Waals surface area contributed by atoms with Gasteiger partial charge in [-0.25, -0.2) is 8.78 Å². The quantitative estimate of drug-likeness (QED) is 0.278. The van der Waals surface area contributed by atoms with Crippen LogP contribution in [0, 0.1) is 18.6 Å². The molecule has 3 heterocycles. The average Bonchev–Trinajstić information content (AvgIpc) is 3.42. The molecule has 0 atom stereocenters. The summed E-state index contributed by atoms with van der Waals surface area (Å²) in [5.41, 5.74) is 5.28. The van der Waals surface area contributed by atoms with E-state index in [1.165, 1.54) is 17.8 Å². The number of benzene rings is 3. The first-order chi connectivity index (χ1) is 21.2. The van der Waals surface area contributed by atoms with Crippen molar-refractivity contribution in [3.63, 3.8) is 0 Å². The van der Waals surface area contributed by atoms with Crippen LogP contribution in [0.5, 0.6) is 0 Å². The summed E-state index contributed by atoms with van der Waals surface area (Å²) in [7, 11) is 3.38. The second kappa shape index (κ2) is 13.3. The first-order valence-corrected chi connectivity index (χ1v) is 16.7. The topological polar surface area (TPSA) is 68.1 Å². The normalized spacial score (nSPS) is 17.2. The number of likely N-dealkylation sites (N-methyl/N-ethyl adjacent to an activating group) is 1. The van der Waals surface area contributed by atoms with E-state index in [9.17, 15) is 4.21 Å². The van der Waals surface area contributed by atoms with Crippen molar-refractivity contribution in [1.82, 2.24) is 19.7 Å². The zero-order valence-electron chi connectivity index (χ0n) is 25.6. The molecule has 0 amide bonds. The van der Waals surface area contributed by atoms with E-state index < -0.39 is 22.4 Å². The molecule has 2 fully saturated rings. The second-order valence-corrected chi connectivity index (χ2v) is 13.7. The Balaban J connectivity index is 1.16. The van der Waals surface area contributed by atoms with Crippen LogP contribution in [0.15, 0.2) is 52.9 Å². The number of para-hydroxylation sites is 1. The van der Waals surface area contributed by atoms with Crippen molar-refractivity contribution >= 4 is 39.3 Å². The number of oxazole rings is 1. The fourth-order valence-corrected chi connectivity index (χ4v) is 7.09. The number of nitrogens with zero attached hydrogens (tertiary/aromatic N) is 5. The van der Waals surface area contributed by atoms with Crippen molar-refractivity contribution in [2.45, 2.75) is 13.5 Å². The summed E-state index contributed by atoms with van der Waals surface area (Å²) in [5, 5.41) is 3.27. The van der Waals surface area contributed by atoms with Crippen molar-refractivity contribution < 1.29 is 17.4 Å². The van der Waals surface area contributed by atoms with Gasteiger partial charge in [0.2, 0.25) is 0 Å². The molecule has 2 aliphatic heterocycles. The van der Waals surface area contributed by atoms with Crippen molar-refractivity contribution in [2.24, 2.45) is 0 Å². The molecule has 4 aromatic rings. The van der Waals surface area contributed by atoms with E-state index in [1.807, 2.05) is 17.0 Å². The molecule has 2 aliphatic rings. The van der Waals surface area contributed by atoms with Crippen molar-refractivity contribution in [3.05, 3.63) is 71.3 Å². The highest BCUT2D eigenvalue weighted by Crippen LogP contribution is 2.34. The lowest BCUT2D eigenvalue weighted by molar-refractivity contribution is 0.229. The summed E-state index contributed by atoms with van der Waals surface area (Å²) >= 11 is 0. The smallest absolute Gasteiger partial charge is 0.300 e. The molecule has 0 radical (unpaired) electrons. The van der Waals surface area contributed by atoms with E-state index in [1.54, 1.807) is 12.1 Å². The van der Waals surface area contributed by atoms with Crippen LogP contribution in [0.2, 0.25) is 0 Å². The minimum Gasteiger partial charge on any atom is -0.423 e. The standard InChI is InChI=1S/C33H40F2N6O2S/c1-23-19-25(7-8-31(23)41-13-11-39(12-14-41)10-9-38(2)3)36-33-37-30-6-4-5-26(32(30)43-33)24-20-28(34)27(29(35)21-24)22-40-15-17-44(42)18-16-40/h4-8,19-21H,9-18,22H2,1-3H3,(H,36,37). The molecule has 11 heteroatoms. The van der Waals surface area contributed by atoms with Crippen LogP contribution in [-0.4, -0.2) is 102 Å². The first-order valence-electron chi connectivity index (χ1n) is 15.2. The van der Waals surface area contributed by atoms with Crippen LogP contribution in [0.4, 0.5) is 26.2 Å². The predicted molar refractivity (Wildman–Crippen MR) is 174 cm³/mol. The van der Waals surface area contributed by atoms with E-state index in [2.05, 4.69) is 58.2 Å². The third kappa shape index (κ3) is 6.96. The molecule has 0 bridgehead atoms. The molecule has 234 valence electrons. The maximum absolute atomic E-state index is 15.2. The lowest BCUT2D eigenvalue weighted by Crippen LogP contribution is -2.48. The third-order valence-corrected chi connectivity index (χ3v) is 9.82. The Kier molecular flexibility index (Phi) is 9.27. The molecule has 0 spiro atoms. The van der Waals surface area contributed by atoms with Gasteiger partial charge in [-0.05, 0) is 68.5 Å². The Morgan fingerprint density at radius 1 is 0.955 bits per heavy atom. The van der Waals surface area contributed by atoms with E-state index in [0.29, 0.717) is 52.8 Å². The van der Waals surface area contributed by atoms with Crippen LogP contribution in [0.25, 0.3) is 22.2 Å².